The van der Waals surface area contributed by atoms with E-state index in [-0.39, 0.29) is 5.97 Å². The molecule has 1 fully saturated rings. The first-order chi connectivity index (χ1) is 9.20. The Balaban J connectivity index is 1.89. The Bertz CT molecular complexity index is 411. The van der Waals surface area contributed by atoms with Crippen molar-refractivity contribution in [2.45, 2.75) is 19.4 Å². The second-order valence-corrected chi connectivity index (χ2v) is 5.14. The van der Waals surface area contributed by atoms with Gasteiger partial charge >= 0.3 is 5.97 Å². The Kier molecular flexibility index (Phi) is 4.99. The SMILES string of the molecule is COC(=O)c1ccoc1CN(C)CC1CCNCC1. The third-order valence-corrected chi connectivity index (χ3v) is 3.59. The molecule has 5 heteroatoms. The minimum absolute atomic E-state index is 0.334. The molecule has 0 atom stereocenters. The van der Waals surface area contributed by atoms with Crippen LogP contribution in [0.25, 0.3) is 0 Å². The van der Waals surface area contributed by atoms with Crippen LogP contribution in [0.4, 0.5) is 0 Å². The maximum atomic E-state index is 11.6. The smallest absolute Gasteiger partial charge is 0.341 e. The summed E-state index contributed by atoms with van der Waals surface area (Å²) in [6, 6.07) is 1.67. The highest BCUT2D eigenvalue weighted by Gasteiger charge is 2.19. The van der Waals surface area contributed by atoms with E-state index in [1.54, 1.807) is 12.3 Å². The van der Waals surface area contributed by atoms with Gasteiger partial charge < -0.3 is 14.5 Å². The van der Waals surface area contributed by atoms with E-state index in [9.17, 15) is 4.79 Å². The molecule has 0 saturated carbocycles. The van der Waals surface area contributed by atoms with E-state index in [1.165, 1.54) is 20.0 Å². The van der Waals surface area contributed by atoms with Gasteiger partial charge in [-0.2, -0.15) is 0 Å². The van der Waals surface area contributed by atoms with E-state index in [4.69, 9.17) is 9.15 Å². The van der Waals surface area contributed by atoms with Crippen LogP contribution in [0, 0.1) is 5.92 Å². The summed E-state index contributed by atoms with van der Waals surface area (Å²) in [7, 11) is 3.45. The summed E-state index contributed by atoms with van der Waals surface area (Å²) in [5.41, 5.74) is 0.527. The maximum absolute atomic E-state index is 11.6. The van der Waals surface area contributed by atoms with E-state index in [0.29, 0.717) is 17.9 Å². The number of carbonyl (C=O) groups is 1. The Morgan fingerprint density at radius 2 is 2.26 bits per heavy atom. The summed E-state index contributed by atoms with van der Waals surface area (Å²) in [6.07, 6.45) is 3.97. The molecule has 0 aromatic carbocycles. The molecule has 1 aromatic rings. The number of furan rings is 1. The van der Waals surface area contributed by atoms with Crippen LogP contribution in [-0.4, -0.2) is 44.7 Å². The van der Waals surface area contributed by atoms with Crippen LogP contribution in [0.1, 0.15) is 29.0 Å². The summed E-state index contributed by atoms with van der Waals surface area (Å²) in [5.74, 6) is 1.07. The molecule has 5 nitrogen and oxygen atoms in total. The highest BCUT2D eigenvalue weighted by Crippen LogP contribution is 2.17. The summed E-state index contributed by atoms with van der Waals surface area (Å²) < 4.78 is 10.1. The highest BCUT2D eigenvalue weighted by atomic mass is 16.5. The fourth-order valence-corrected chi connectivity index (χ4v) is 2.57. The summed E-state index contributed by atoms with van der Waals surface area (Å²) in [5, 5.41) is 3.37. The van der Waals surface area contributed by atoms with Gasteiger partial charge in [0.1, 0.15) is 11.3 Å². The molecule has 106 valence electrons. The summed E-state index contributed by atoms with van der Waals surface area (Å²) in [6.45, 7) is 3.88. The van der Waals surface area contributed by atoms with Crippen molar-refractivity contribution < 1.29 is 13.9 Å². The molecule has 1 aromatic heterocycles. The van der Waals surface area contributed by atoms with E-state index < -0.39 is 0 Å². The maximum Gasteiger partial charge on any atom is 0.341 e. The normalized spacial score (nSPS) is 16.8. The lowest BCUT2D eigenvalue weighted by Crippen LogP contribution is -2.34. The Hall–Kier alpha value is -1.33. The summed E-state index contributed by atoms with van der Waals surface area (Å²) in [4.78, 5) is 13.8. The molecule has 2 heterocycles. The van der Waals surface area contributed by atoms with Crippen LogP contribution in [0.2, 0.25) is 0 Å². The van der Waals surface area contributed by atoms with Crippen molar-refractivity contribution in [3.8, 4) is 0 Å². The number of rotatable bonds is 5. The van der Waals surface area contributed by atoms with Crippen LogP contribution < -0.4 is 5.32 Å². The largest absolute Gasteiger partial charge is 0.467 e. The number of esters is 1. The van der Waals surface area contributed by atoms with E-state index in [1.807, 2.05) is 0 Å². The molecular formula is C14H22N2O3. The van der Waals surface area contributed by atoms with Crippen LogP contribution in [0.15, 0.2) is 16.7 Å². The molecule has 2 rings (SSSR count). The quantitative estimate of drug-likeness (QED) is 0.818. The van der Waals surface area contributed by atoms with Crippen molar-refractivity contribution in [3.05, 3.63) is 23.7 Å². The minimum Gasteiger partial charge on any atom is -0.467 e. The average Bonchev–Trinajstić information content (AvgIpc) is 2.87. The zero-order valence-corrected chi connectivity index (χ0v) is 11.6. The average molecular weight is 266 g/mol. The standard InChI is InChI=1S/C14H22N2O3/c1-16(9-11-3-6-15-7-4-11)10-13-12(5-8-19-13)14(17)18-2/h5,8,11,15H,3-4,6-7,9-10H2,1-2H3. The van der Waals surface area contributed by atoms with Gasteiger partial charge in [0.2, 0.25) is 0 Å². The van der Waals surface area contributed by atoms with Gasteiger partial charge in [-0.1, -0.05) is 0 Å². The second-order valence-electron chi connectivity index (χ2n) is 5.14. The van der Waals surface area contributed by atoms with Gasteiger partial charge in [-0.3, -0.25) is 4.90 Å². The predicted octanol–water partition coefficient (Wildman–Crippen LogP) is 1.50. The minimum atomic E-state index is -0.334. The first-order valence-electron chi connectivity index (χ1n) is 6.74. The first-order valence-corrected chi connectivity index (χ1v) is 6.74. The number of methoxy groups -OCH3 is 1. The predicted molar refractivity (Wildman–Crippen MR) is 72.0 cm³/mol. The lowest BCUT2D eigenvalue weighted by Gasteiger charge is -2.27. The lowest BCUT2D eigenvalue weighted by molar-refractivity contribution is 0.0596. The van der Waals surface area contributed by atoms with Crippen molar-refractivity contribution in [2.75, 3.05) is 33.8 Å². The van der Waals surface area contributed by atoms with Crippen molar-refractivity contribution in [3.63, 3.8) is 0 Å². The number of ether oxygens (including phenoxy) is 1. The Morgan fingerprint density at radius 3 is 2.95 bits per heavy atom. The number of nitrogens with one attached hydrogen (secondary N) is 1. The highest BCUT2D eigenvalue weighted by molar-refractivity contribution is 5.90. The van der Waals surface area contributed by atoms with Crippen molar-refractivity contribution in [1.82, 2.24) is 10.2 Å². The zero-order valence-electron chi connectivity index (χ0n) is 11.6. The van der Waals surface area contributed by atoms with Crippen LogP contribution >= 0.6 is 0 Å². The van der Waals surface area contributed by atoms with Gasteiger partial charge in [-0.25, -0.2) is 4.79 Å². The molecule has 19 heavy (non-hydrogen) atoms. The first kappa shape index (κ1) is 14.1. The molecular weight excluding hydrogens is 244 g/mol. The third-order valence-electron chi connectivity index (χ3n) is 3.59. The molecule has 0 unspecified atom stereocenters. The number of hydrogen-bond acceptors (Lipinski definition) is 5. The molecule has 0 amide bonds. The van der Waals surface area contributed by atoms with Crippen LogP contribution in [-0.2, 0) is 11.3 Å². The third kappa shape index (κ3) is 3.81. The molecule has 0 spiro atoms. The monoisotopic (exact) mass is 266 g/mol. The van der Waals surface area contributed by atoms with Gasteiger partial charge in [0.25, 0.3) is 0 Å². The van der Waals surface area contributed by atoms with Gasteiger partial charge in [-0.05, 0) is 45.0 Å². The van der Waals surface area contributed by atoms with E-state index in [0.717, 1.165) is 25.6 Å². The number of nitrogens with zero attached hydrogens (tertiary/aromatic N) is 1. The van der Waals surface area contributed by atoms with Gasteiger partial charge in [0, 0.05) is 6.54 Å². The molecule has 0 radical (unpaired) electrons. The van der Waals surface area contributed by atoms with Crippen LogP contribution in [0.3, 0.4) is 0 Å². The van der Waals surface area contributed by atoms with Crippen molar-refractivity contribution in [1.29, 1.82) is 0 Å². The lowest BCUT2D eigenvalue weighted by atomic mass is 9.97. The molecule has 1 N–H and O–H groups in total. The van der Waals surface area contributed by atoms with Gasteiger partial charge in [0.15, 0.2) is 0 Å². The fourth-order valence-electron chi connectivity index (χ4n) is 2.57. The Morgan fingerprint density at radius 1 is 1.53 bits per heavy atom. The van der Waals surface area contributed by atoms with Crippen molar-refractivity contribution in [2.24, 2.45) is 5.92 Å². The van der Waals surface area contributed by atoms with Crippen LogP contribution in [0.5, 0.6) is 0 Å². The molecule has 0 bridgehead atoms. The topological polar surface area (TPSA) is 54.7 Å². The molecule has 1 aliphatic heterocycles. The van der Waals surface area contributed by atoms with E-state index >= 15 is 0 Å². The second kappa shape index (κ2) is 6.73. The van der Waals surface area contributed by atoms with E-state index in [2.05, 4.69) is 17.3 Å². The van der Waals surface area contributed by atoms with Gasteiger partial charge in [-0.15, -0.1) is 0 Å². The Labute approximate surface area is 113 Å². The zero-order chi connectivity index (χ0) is 13.7. The molecule has 1 aliphatic rings. The van der Waals surface area contributed by atoms with Gasteiger partial charge in [0.05, 0.1) is 19.9 Å². The molecule has 1 saturated heterocycles. The fraction of sp³-hybridized carbons (Fsp3) is 0.643. The van der Waals surface area contributed by atoms with Crippen molar-refractivity contribution >= 4 is 5.97 Å². The molecule has 0 aliphatic carbocycles. The summed E-state index contributed by atoms with van der Waals surface area (Å²) >= 11 is 0. The number of piperidine rings is 1. The number of carbonyl (C=O) groups excluding carboxylic acids is 1. The number of hydrogen-bond donors (Lipinski definition) is 1.